The van der Waals surface area contributed by atoms with E-state index in [2.05, 4.69) is 10.8 Å². The van der Waals surface area contributed by atoms with Crippen molar-refractivity contribution < 1.29 is 18.1 Å². The van der Waals surface area contributed by atoms with Gasteiger partial charge >= 0.3 is 11.4 Å². The molecular weight excluding hydrogens is 168 g/mol. The second-order valence-corrected chi connectivity index (χ2v) is 2.61. The molecule has 11 heavy (non-hydrogen) atoms. The van der Waals surface area contributed by atoms with Gasteiger partial charge in [-0.25, -0.2) is 0 Å². The normalized spacial score (nSPS) is 15.8. The van der Waals surface area contributed by atoms with Gasteiger partial charge in [-0.1, -0.05) is 6.08 Å². The van der Waals surface area contributed by atoms with Gasteiger partial charge < -0.3 is 5.11 Å². The zero-order valence-corrected chi connectivity index (χ0v) is 6.92. The molecule has 2 N–H and O–H groups in total. The van der Waals surface area contributed by atoms with E-state index in [0.29, 0.717) is 12.8 Å². The van der Waals surface area contributed by atoms with Crippen LogP contribution >= 0.6 is 0 Å². The first kappa shape index (κ1) is 10.8. The monoisotopic (exact) mass is 180 g/mol. The minimum absolute atomic E-state index is 0.250. The molecule has 0 amide bonds. The molecule has 4 nitrogen and oxygen atoms in total. The smallest absolute Gasteiger partial charge is 0.302 e. The van der Waals surface area contributed by atoms with Crippen LogP contribution < -0.4 is 0 Å². The van der Waals surface area contributed by atoms with Gasteiger partial charge in [-0.05, 0) is 12.8 Å². The molecule has 0 spiro atoms. The van der Waals surface area contributed by atoms with Crippen LogP contribution in [-0.2, 0) is 15.5 Å². The topological polar surface area (TPSA) is 66.8 Å². The maximum absolute atomic E-state index is 10.1. The number of hydrogen-bond acceptors (Lipinski definition) is 3. The van der Waals surface area contributed by atoms with Gasteiger partial charge in [-0.15, -0.1) is 6.58 Å². The van der Waals surface area contributed by atoms with Crippen LogP contribution in [0.4, 0.5) is 0 Å². The fourth-order valence-electron chi connectivity index (χ4n) is 0.590. The molecular formula is C6H12O4S. The number of aliphatic hydroxyl groups is 1. The Hall–Kier alpha value is -0.230. The summed E-state index contributed by atoms with van der Waals surface area (Å²) in [5, 5.41) is 8.60. The summed E-state index contributed by atoms with van der Waals surface area (Å²) in [5.41, 5.74) is 0. The van der Waals surface area contributed by atoms with E-state index in [4.69, 9.17) is 9.66 Å². The summed E-state index contributed by atoms with van der Waals surface area (Å²) >= 11 is -2.29. The average molecular weight is 180 g/mol. The molecule has 0 aliphatic rings. The molecule has 0 radical (unpaired) electrons. The van der Waals surface area contributed by atoms with Gasteiger partial charge in [0.15, 0.2) is 0 Å². The minimum atomic E-state index is -2.29. The van der Waals surface area contributed by atoms with Crippen LogP contribution in [0, 0.1) is 0 Å². The van der Waals surface area contributed by atoms with Crippen molar-refractivity contribution in [3.63, 3.8) is 0 Å². The highest BCUT2D eigenvalue weighted by atomic mass is 32.2. The lowest BCUT2D eigenvalue weighted by atomic mass is 10.2. The van der Waals surface area contributed by atoms with E-state index in [1.54, 1.807) is 6.08 Å². The van der Waals surface area contributed by atoms with Crippen molar-refractivity contribution in [2.24, 2.45) is 0 Å². The Bertz CT molecular complexity index is 137. The predicted octanol–water partition coefficient (Wildman–Crippen LogP) is 0.467. The first-order valence-electron chi connectivity index (χ1n) is 3.20. The Morgan fingerprint density at radius 1 is 1.73 bits per heavy atom. The Morgan fingerprint density at radius 3 is 2.73 bits per heavy atom. The van der Waals surface area contributed by atoms with Crippen molar-refractivity contribution in [1.82, 2.24) is 0 Å². The van der Waals surface area contributed by atoms with Crippen molar-refractivity contribution in [2.75, 3.05) is 6.61 Å². The van der Waals surface area contributed by atoms with Crippen molar-refractivity contribution in [3.8, 4) is 0 Å². The third kappa shape index (κ3) is 6.18. The first-order valence-corrected chi connectivity index (χ1v) is 4.23. The van der Waals surface area contributed by atoms with E-state index in [-0.39, 0.29) is 6.61 Å². The summed E-state index contributed by atoms with van der Waals surface area (Å²) in [4.78, 5) is 0. The molecule has 0 aromatic heterocycles. The summed E-state index contributed by atoms with van der Waals surface area (Å²) in [6.45, 7) is 3.22. The molecule has 0 aromatic rings. The van der Waals surface area contributed by atoms with Gasteiger partial charge in [-0.3, -0.25) is 8.74 Å². The Balaban J connectivity index is 3.57. The van der Waals surface area contributed by atoms with Gasteiger partial charge in [0.05, 0.1) is 6.61 Å². The maximum atomic E-state index is 10.1. The van der Waals surface area contributed by atoms with E-state index < -0.39 is 17.5 Å². The highest BCUT2D eigenvalue weighted by molar-refractivity contribution is 7.74. The molecule has 0 saturated carbocycles. The van der Waals surface area contributed by atoms with Gasteiger partial charge in [0.1, 0.15) is 6.10 Å². The quantitative estimate of drug-likeness (QED) is 0.460. The molecule has 0 rings (SSSR count). The molecule has 5 heteroatoms. The van der Waals surface area contributed by atoms with Crippen LogP contribution in [0.2, 0.25) is 0 Å². The van der Waals surface area contributed by atoms with Gasteiger partial charge in [0, 0.05) is 0 Å². The van der Waals surface area contributed by atoms with Gasteiger partial charge in [0.25, 0.3) is 0 Å². The lowest BCUT2D eigenvalue weighted by Gasteiger charge is -2.09. The number of hydrogen-bond donors (Lipinski definition) is 2. The molecule has 0 bridgehead atoms. The molecule has 2 unspecified atom stereocenters. The van der Waals surface area contributed by atoms with Crippen LogP contribution in [0.15, 0.2) is 12.7 Å². The molecule has 0 saturated heterocycles. The molecule has 0 aliphatic carbocycles. The Kier molecular flexibility index (Phi) is 6.34. The Morgan fingerprint density at radius 2 is 2.36 bits per heavy atom. The lowest BCUT2D eigenvalue weighted by Crippen LogP contribution is -2.18. The third-order valence-corrected chi connectivity index (χ3v) is 1.55. The van der Waals surface area contributed by atoms with Crippen molar-refractivity contribution in [3.05, 3.63) is 12.7 Å². The third-order valence-electron chi connectivity index (χ3n) is 1.11. The second kappa shape index (κ2) is 6.48. The summed E-state index contributed by atoms with van der Waals surface area (Å²) in [7, 11) is 0. The summed E-state index contributed by atoms with van der Waals surface area (Å²) in [6.07, 6.45) is 2.25. The van der Waals surface area contributed by atoms with E-state index in [1.165, 1.54) is 0 Å². The number of allylic oxidation sites excluding steroid dienone is 1. The highest BCUT2D eigenvalue weighted by Crippen LogP contribution is 2.02. The average Bonchev–Trinajstić information content (AvgIpc) is 1.97. The predicted molar refractivity (Wildman–Crippen MR) is 42.2 cm³/mol. The molecule has 2 atom stereocenters. The van der Waals surface area contributed by atoms with Crippen molar-refractivity contribution in [2.45, 2.75) is 18.9 Å². The van der Waals surface area contributed by atoms with Crippen LogP contribution in [0.1, 0.15) is 12.8 Å². The van der Waals surface area contributed by atoms with Crippen LogP contribution in [0.25, 0.3) is 0 Å². The summed E-state index contributed by atoms with van der Waals surface area (Å²) < 4.78 is 22.8. The zero-order chi connectivity index (χ0) is 8.69. The fraction of sp³-hybridized carbons (Fsp3) is 0.667. The fourth-order valence-corrected chi connectivity index (χ4v) is 0.980. The number of aliphatic hydroxyl groups excluding tert-OH is 1. The van der Waals surface area contributed by atoms with Crippen molar-refractivity contribution >= 4 is 11.4 Å². The Labute approximate surface area is 68.4 Å². The van der Waals surface area contributed by atoms with E-state index in [1.807, 2.05) is 0 Å². The van der Waals surface area contributed by atoms with E-state index >= 15 is 0 Å². The number of rotatable bonds is 6. The highest BCUT2D eigenvalue weighted by Gasteiger charge is 2.09. The molecule has 0 heterocycles. The van der Waals surface area contributed by atoms with Gasteiger partial charge in [0.2, 0.25) is 0 Å². The molecule has 0 fully saturated rings. The first-order chi connectivity index (χ1) is 5.20. The molecule has 0 aromatic carbocycles. The second-order valence-electron chi connectivity index (χ2n) is 1.98. The standard InChI is InChI=1S/C6H12O4S/c1-2-3-4-6(5-7)10-11(8)9/h2,6-7H,1,3-5H2,(H,8,9). The van der Waals surface area contributed by atoms with Crippen molar-refractivity contribution in [1.29, 1.82) is 0 Å². The van der Waals surface area contributed by atoms with E-state index in [0.717, 1.165) is 0 Å². The maximum Gasteiger partial charge on any atom is 0.302 e. The van der Waals surface area contributed by atoms with Crippen LogP contribution in [0.5, 0.6) is 0 Å². The van der Waals surface area contributed by atoms with Gasteiger partial charge in [-0.2, -0.15) is 4.21 Å². The lowest BCUT2D eigenvalue weighted by molar-refractivity contribution is 0.113. The molecule has 0 aliphatic heterocycles. The summed E-state index contributed by atoms with van der Waals surface area (Å²) in [6, 6.07) is 0. The van der Waals surface area contributed by atoms with Crippen LogP contribution in [0.3, 0.4) is 0 Å². The molecule has 66 valence electrons. The van der Waals surface area contributed by atoms with E-state index in [9.17, 15) is 4.21 Å². The summed E-state index contributed by atoms with van der Waals surface area (Å²) in [5.74, 6) is 0. The zero-order valence-electron chi connectivity index (χ0n) is 6.10. The minimum Gasteiger partial charge on any atom is -0.394 e. The largest absolute Gasteiger partial charge is 0.394 e. The SMILES string of the molecule is C=CCCC(CO)OS(=O)O. The van der Waals surface area contributed by atoms with Crippen LogP contribution in [-0.4, -0.2) is 26.6 Å².